The molecule has 0 fully saturated rings. The summed E-state index contributed by atoms with van der Waals surface area (Å²) in [6, 6.07) is 19.7. The molecule has 2 nitrogen and oxygen atoms in total. The van der Waals surface area contributed by atoms with Crippen LogP contribution in [-0.2, 0) is 6.61 Å². The van der Waals surface area contributed by atoms with E-state index in [1.54, 1.807) is 0 Å². The molecule has 0 unspecified atom stereocenters. The van der Waals surface area contributed by atoms with E-state index in [0.29, 0.717) is 0 Å². The Balaban J connectivity index is 2.01. The highest BCUT2D eigenvalue weighted by Crippen LogP contribution is 2.34. The Morgan fingerprint density at radius 3 is 2.50 bits per heavy atom. The minimum atomic E-state index is 0.0210. The number of benzene rings is 3. The van der Waals surface area contributed by atoms with Crippen LogP contribution in [0.15, 0.2) is 65.1 Å². The normalized spacial score (nSPS) is 10.7. The fraction of sp³-hybridized carbons (Fsp3) is 0.0588. The minimum absolute atomic E-state index is 0.0210. The van der Waals surface area contributed by atoms with Gasteiger partial charge in [-0.3, -0.25) is 0 Å². The molecule has 3 heteroatoms. The Hall–Kier alpha value is -1.84. The van der Waals surface area contributed by atoms with Crippen LogP contribution in [0, 0.1) is 0 Å². The van der Waals surface area contributed by atoms with Crippen molar-refractivity contribution in [3.63, 3.8) is 0 Å². The average Bonchev–Trinajstić information content (AvgIpc) is 2.49. The van der Waals surface area contributed by atoms with Gasteiger partial charge in [0.1, 0.15) is 11.5 Å². The maximum absolute atomic E-state index is 9.12. The maximum atomic E-state index is 9.12. The number of aliphatic hydroxyl groups excluding tert-OH is 1. The number of hydrogen-bond donors (Lipinski definition) is 1. The summed E-state index contributed by atoms with van der Waals surface area (Å²) in [4.78, 5) is 0. The van der Waals surface area contributed by atoms with Crippen molar-refractivity contribution in [2.75, 3.05) is 0 Å². The number of halogens is 1. The second-order valence-corrected chi connectivity index (χ2v) is 5.36. The van der Waals surface area contributed by atoms with Gasteiger partial charge in [-0.05, 0) is 45.1 Å². The molecular weight excluding hydrogens is 316 g/mol. The van der Waals surface area contributed by atoms with Crippen molar-refractivity contribution in [3.05, 3.63) is 70.7 Å². The molecule has 0 amide bonds. The number of ether oxygens (including phenoxy) is 1. The first-order chi connectivity index (χ1) is 9.78. The number of fused-ring (bicyclic) bond motifs is 1. The van der Waals surface area contributed by atoms with Gasteiger partial charge in [-0.2, -0.15) is 0 Å². The first kappa shape index (κ1) is 13.2. The van der Waals surface area contributed by atoms with Crippen LogP contribution >= 0.6 is 15.9 Å². The molecular formula is C17H13BrO2. The maximum Gasteiger partial charge on any atom is 0.141 e. The number of rotatable bonds is 3. The Morgan fingerprint density at radius 2 is 1.70 bits per heavy atom. The van der Waals surface area contributed by atoms with Crippen molar-refractivity contribution in [2.24, 2.45) is 0 Å². The fourth-order valence-corrected chi connectivity index (χ4v) is 2.64. The van der Waals surface area contributed by atoms with Crippen molar-refractivity contribution in [3.8, 4) is 11.5 Å². The van der Waals surface area contributed by atoms with Crippen LogP contribution in [0.3, 0.4) is 0 Å². The van der Waals surface area contributed by atoms with Gasteiger partial charge in [-0.25, -0.2) is 0 Å². The summed E-state index contributed by atoms with van der Waals surface area (Å²) in [5, 5.41) is 11.3. The van der Waals surface area contributed by atoms with Crippen molar-refractivity contribution in [1.82, 2.24) is 0 Å². The van der Waals surface area contributed by atoms with Crippen LogP contribution in [0.25, 0.3) is 10.8 Å². The minimum Gasteiger partial charge on any atom is -0.456 e. The van der Waals surface area contributed by atoms with Crippen LogP contribution in [-0.4, -0.2) is 5.11 Å². The summed E-state index contributed by atoms with van der Waals surface area (Å²) in [6.07, 6.45) is 0. The van der Waals surface area contributed by atoms with Crippen molar-refractivity contribution in [1.29, 1.82) is 0 Å². The van der Waals surface area contributed by atoms with Gasteiger partial charge in [0, 0.05) is 5.39 Å². The topological polar surface area (TPSA) is 29.5 Å². The van der Waals surface area contributed by atoms with Crippen LogP contribution in [0.1, 0.15) is 5.56 Å². The van der Waals surface area contributed by atoms with Gasteiger partial charge >= 0.3 is 0 Å². The molecule has 0 heterocycles. The lowest BCUT2D eigenvalue weighted by atomic mass is 10.1. The highest BCUT2D eigenvalue weighted by atomic mass is 79.9. The molecule has 0 saturated heterocycles. The van der Waals surface area contributed by atoms with Crippen molar-refractivity contribution < 1.29 is 9.84 Å². The predicted octanol–water partition coefficient (Wildman–Crippen LogP) is 4.89. The zero-order valence-corrected chi connectivity index (χ0v) is 12.3. The molecule has 0 aliphatic carbocycles. The molecule has 0 spiro atoms. The van der Waals surface area contributed by atoms with E-state index in [9.17, 15) is 0 Å². The molecule has 100 valence electrons. The van der Waals surface area contributed by atoms with Gasteiger partial charge in [0.2, 0.25) is 0 Å². The van der Waals surface area contributed by atoms with Gasteiger partial charge in [-0.15, -0.1) is 0 Å². The van der Waals surface area contributed by atoms with E-state index < -0.39 is 0 Å². The van der Waals surface area contributed by atoms with Gasteiger partial charge in [0.05, 0.1) is 11.1 Å². The van der Waals surface area contributed by atoms with Crippen LogP contribution < -0.4 is 4.74 Å². The number of aliphatic hydroxyl groups is 1. The largest absolute Gasteiger partial charge is 0.456 e. The zero-order chi connectivity index (χ0) is 13.9. The van der Waals surface area contributed by atoms with Crippen molar-refractivity contribution in [2.45, 2.75) is 6.61 Å². The van der Waals surface area contributed by atoms with Gasteiger partial charge in [0.15, 0.2) is 0 Å². The molecule has 0 aliphatic rings. The first-order valence-corrected chi connectivity index (χ1v) is 7.12. The van der Waals surface area contributed by atoms with E-state index in [0.717, 1.165) is 32.3 Å². The third kappa shape index (κ3) is 2.55. The van der Waals surface area contributed by atoms with Crippen molar-refractivity contribution >= 4 is 26.7 Å². The van der Waals surface area contributed by atoms with Crippen LogP contribution in [0.2, 0.25) is 0 Å². The third-order valence-electron chi connectivity index (χ3n) is 3.15. The molecule has 3 aromatic rings. The van der Waals surface area contributed by atoms with E-state index >= 15 is 0 Å². The molecule has 3 aromatic carbocycles. The Morgan fingerprint density at radius 1 is 0.900 bits per heavy atom. The quantitative estimate of drug-likeness (QED) is 0.741. The SMILES string of the molecule is OCc1ccc(Oc2cccc3ccccc23)c(Br)c1. The van der Waals surface area contributed by atoms with E-state index in [4.69, 9.17) is 9.84 Å². The summed E-state index contributed by atoms with van der Waals surface area (Å²) in [6.45, 7) is 0.0210. The Labute approximate surface area is 125 Å². The highest BCUT2D eigenvalue weighted by molar-refractivity contribution is 9.10. The lowest BCUT2D eigenvalue weighted by Gasteiger charge is -2.11. The molecule has 0 radical (unpaired) electrons. The molecule has 3 rings (SSSR count). The monoisotopic (exact) mass is 328 g/mol. The van der Waals surface area contributed by atoms with Gasteiger partial charge in [-0.1, -0.05) is 42.5 Å². The van der Waals surface area contributed by atoms with E-state index in [1.807, 2.05) is 48.5 Å². The lowest BCUT2D eigenvalue weighted by Crippen LogP contribution is -1.89. The fourth-order valence-electron chi connectivity index (χ4n) is 2.13. The second-order valence-electron chi connectivity index (χ2n) is 4.50. The van der Waals surface area contributed by atoms with E-state index in [-0.39, 0.29) is 6.61 Å². The number of hydrogen-bond acceptors (Lipinski definition) is 2. The molecule has 1 N–H and O–H groups in total. The highest BCUT2D eigenvalue weighted by Gasteiger charge is 2.06. The molecule has 20 heavy (non-hydrogen) atoms. The standard InChI is InChI=1S/C17H13BrO2/c18-15-10-12(11-19)8-9-17(15)20-16-7-3-5-13-4-1-2-6-14(13)16/h1-10,19H,11H2. The summed E-state index contributed by atoms with van der Waals surface area (Å²) in [5.41, 5.74) is 0.849. The first-order valence-electron chi connectivity index (χ1n) is 6.33. The molecule has 0 aromatic heterocycles. The smallest absolute Gasteiger partial charge is 0.141 e. The Bertz CT molecular complexity index is 748. The van der Waals surface area contributed by atoms with E-state index in [2.05, 4.69) is 28.1 Å². The summed E-state index contributed by atoms with van der Waals surface area (Å²) < 4.78 is 6.82. The average molecular weight is 329 g/mol. The second kappa shape index (κ2) is 5.65. The molecule has 0 saturated carbocycles. The van der Waals surface area contributed by atoms with Crippen LogP contribution in [0.5, 0.6) is 11.5 Å². The lowest BCUT2D eigenvalue weighted by molar-refractivity contribution is 0.281. The van der Waals surface area contributed by atoms with Gasteiger partial charge in [0.25, 0.3) is 0 Å². The van der Waals surface area contributed by atoms with Gasteiger partial charge < -0.3 is 9.84 Å². The predicted molar refractivity (Wildman–Crippen MR) is 84.1 cm³/mol. The molecule has 0 atom stereocenters. The van der Waals surface area contributed by atoms with Crippen LogP contribution in [0.4, 0.5) is 0 Å². The zero-order valence-electron chi connectivity index (χ0n) is 10.7. The molecule has 0 aliphatic heterocycles. The summed E-state index contributed by atoms with van der Waals surface area (Å²) >= 11 is 3.47. The summed E-state index contributed by atoms with van der Waals surface area (Å²) in [7, 11) is 0. The Kier molecular flexibility index (Phi) is 3.72. The molecule has 0 bridgehead atoms. The summed E-state index contributed by atoms with van der Waals surface area (Å²) in [5.74, 6) is 1.55. The van der Waals surface area contributed by atoms with E-state index in [1.165, 1.54) is 0 Å². The third-order valence-corrected chi connectivity index (χ3v) is 3.77.